The van der Waals surface area contributed by atoms with E-state index in [2.05, 4.69) is 10.3 Å². The van der Waals surface area contributed by atoms with Gasteiger partial charge in [0.05, 0.1) is 15.8 Å². The first kappa shape index (κ1) is 18.3. The van der Waals surface area contributed by atoms with Crippen molar-refractivity contribution < 1.29 is 14.1 Å². The van der Waals surface area contributed by atoms with E-state index in [1.807, 2.05) is 0 Å². The van der Waals surface area contributed by atoms with E-state index in [4.69, 9.17) is 4.42 Å². The van der Waals surface area contributed by atoms with Gasteiger partial charge in [0.25, 0.3) is 11.6 Å². The van der Waals surface area contributed by atoms with Crippen LogP contribution in [0, 0.1) is 24.0 Å². The fourth-order valence-electron chi connectivity index (χ4n) is 3.23. The molecular weight excluding hydrogens is 374 g/mol. The molecule has 0 aliphatic heterocycles. The summed E-state index contributed by atoms with van der Waals surface area (Å²) in [5.41, 5.74) is 1.37. The standard InChI is InChI=1S/C21H15N3O5/c1-11-7-8-13(10-15(11)24(27)28)20(25)23-17-9-12(2)18-19(22-17)14-5-3-4-6-16(14)29-21(18)26/h3-10H,1-2H3,(H,22,23,25). The number of anilines is 1. The third kappa shape index (κ3) is 3.20. The van der Waals surface area contributed by atoms with E-state index >= 15 is 0 Å². The molecule has 1 amide bonds. The molecule has 0 saturated heterocycles. The number of aryl methyl sites for hydroxylation is 2. The van der Waals surface area contributed by atoms with Crippen molar-refractivity contribution in [3.63, 3.8) is 0 Å². The third-order valence-electron chi connectivity index (χ3n) is 4.68. The quantitative estimate of drug-likeness (QED) is 0.244. The molecule has 0 bridgehead atoms. The molecule has 0 spiro atoms. The second-order valence-electron chi connectivity index (χ2n) is 6.65. The summed E-state index contributed by atoms with van der Waals surface area (Å²) in [6.07, 6.45) is 0. The topological polar surface area (TPSA) is 115 Å². The Balaban J connectivity index is 1.80. The Morgan fingerprint density at radius 1 is 1.10 bits per heavy atom. The Labute approximate surface area is 163 Å². The maximum Gasteiger partial charge on any atom is 0.346 e. The number of aromatic nitrogens is 1. The summed E-state index contributed by atoms with van der Waals surface area (Å²) < 4.78 is 5.35. The highest BCUT2D eigenvalue weighted by molar-refractivity contribution is 6.07. The summed E-state index contributed by atoms with van der Waals surface area (Å²) in [4.78, 5) is 40.0. The van der Waals surface area contributed by atoms with Crippen LogP contribution in [0.4, 0.5) is 11.5 Å². The van der Waals surface area contributed by atoms with E-state index in [-0.39, 0.29) is 17.1 Å². The number of benzene rings is 2. The monoisotopic (exact) mass is 389 g/mol. The largest absolute Gasteiger partial charge is 0.422 e. The van der Waals surface area contributed by atoms with Crippen molar-refractivity contribution in [3.05, 3.63) is 85.8 Å². The summed E-state index contributed by atoms with van der Waals surface area (Å²) in [6, 6.07) is 12.8. The molecule has 29 heavy (non-hydrogen) atoms. The van der Waals surface area contributed by atoms with Crippen molar-refractivity contribution in [2.75, 3.05) is 5.32 Å². The number of hydrogen-bond acceptors (Lipinski definition) is 6. The van der Waals surface area contributed by atoms with Crippen LogP contribution in [0.1, 0.15) is 21.5 Å². The average Bonchev–Trinajstić information content (AvgIpc) is 2.67. The molecular formula is C21H15N3O5. The SMILES string of the molecule is Cc1ccc(C(=O)Nc2cc(C)c3c(=O)oc4ccccc4c3n2)cc1[N+](=O)[O-]. The van der Waals surface area contributed by atoms with Gasteiger partial charge in [-0.2, -0.15) is 0 Å². The van der Waals surface area contributed by atoms with Gasteiger partial charge in [0.1, 0.15) is 11.4 Å². The molecule has 4 rings (SSSR count). The lowest BCUT2D eigenvalue weighted by Gasteiger charge is -2.09. The number of pyridine rings is 1. The highest BCUT2D eigenvalue weighted by atomic mass is 16.6. The molecule has 0 unspecified atom stereocenters. The summed E-state index contributed by atoms with van der Waals surface area (Å²) in [6.45, 7) is 3.33. The molecule has 144 valence electrons. The highest BCUT2D eigenvalue weighted by Gasteiger charge is 2.17. The van der Waals surface area contributed by atoms with E-state index < -0.39 is 16.5 Å². The lowest BCUT2D eigenvalue weighted by molar-refractivity contribution is -0.385. The van der Waals surface area contributed by atoms with E-state index in [9.17, 15) is 19.7 Å². The number of carbonyl (C=O) groups is 1. The van der Waals surface area contributed by atoms with Crippen LogP contribution in [-0.2, 0) is 0 Å². The van der Waals surface area contributed by atoms with Crippen LogP contribution in [0.5, 0.6) is 0 Å². The first-order valence-electron chi connectivity index (χ1n) is 8.75. The first-order valence-corrected chi connectivity index (χ1v) is 8.75. The van der Waals surface area contributed by atoms with E-state index in [0.717, 1.165) is 0 Å². The smallest absolute Gasteiger partial charge is 0.346 e. The second kappa shape index (κ2) is 6.83. The molecule has 0 atom stereocenters. The zero-order chi connectivity index (χ0) is 20.7. The number of nitrogens with zero attached hydrogens (tertiary/aromatic N) is 2. The molecule has 4 aromatic rings. The molecule has 8 heteroatoms. The lowest BCUT2D eigenvalue weighted by Crippen LogP contribution is -2.14. The van der Waals surface area contributed by atoms with Gasteiger partial charge < -0.3 is 9.73 Å². The number of nitro benzene ring substituents is 1. The number of nitrogens with one attached hydrogen (secondary N) is 1. The van der Waals surface area contributed by atoms with Crippen molar-refractivity contribution in [2.24, 2.45) is 0 Å². The molecule has 1 N–H and O–H groups in total. The first-order chi connectivity index (χ1) is 13.8. The van der Waals surface area contributed by atoms with Gasteiger partial charge in [-0.3, -0.25) is 14.9 Å². The van der Waals surface area contributed by atoms with Crippen LogP contribution in [0.2, 0.25) is 0 Å². The van der Waals surface area contributed by atoms with Gasteiger partial charge >= 0.3 is 5.63 Å². The Kier molecular flexibility index (Phi) is 4.31. The predicted molar refractivity (Wildman–Crippen MR) is 108 cm³/mol. The second-order valence-corrected chi connectivity index (χ2v) is 6.65. The minimum atomic E-state index is -0.536. The van der Waals surface area contributed by atoms with Gasteiger partial charge in [-0.15, -0.1) is 0 Å². The van der Waals surface area contributed by atoms with Crippen LogP contribution in [0.3, 0.4) is 0 Å². The maximum atomic E-state index is 12.6. The van der Waals surface area contributed by atoms with Gasteiger partial charge in [-0.25, -0.2) is 9.78 Å². The summed E-state index contributed by atoms with van der Waals surface area (Å²) in [5, 5.41) is 14.8. The minimum absolute atomic E-state index is 0.135. The van der Waals surface area contributed by atoms with Crippen molar-refractivity contribution in [1.29, 1.82) is 0 Å². The summed E-state index contributed by atoms with van der Waals surface area (Å²) in [5.74, 6) is -0.300. The van der Waals surface area contributed by atoms with Crippen molar-refractivity contribution in [1.82, 2.24) is 4.98 Å². The van der Waals surface area contributed by atoms with E-state index in [0.29, 0.717) is 33.0 Å². The van der Waals surface area contributed by atoms with Crippen molar-refractivity contribution >= 4 is 39.3 Å². The maximum absolute atomic E-state index is 12.6. The molecule has 2 heterocycles. The van der Waals surface area contributed by atoms with Crippen molar-refractivity contribution in [3.8, 4) is 0 Å². The number of amides is 1. The Morgan fingerprint density at radius 3 is 2.62 bits per heavy atom. The Bertz CT molecular complexity index is 1370. The van der Waals surface area contributed by atoms with Crippen LogP contribution in [0.15, 0.2) is 57.7 Å². The summed E-state index contributed by atoms with van der Waals surface area (Å²) >= 11 is 0. The van der Waals surface area contributed by atoms with E-state index in [1.54, 1.807) is 44.2 Å². The van der Waals surface area contributed by atoms with Gasteiger partial charge in [-0.1, -0.05) is 18.2 Å². The van der Waals surface area contributed by atoms with Crippen LogP contribution in [0.25, 0.3) is 21.9 Å². The van der Waals surface area contributed by atoms with Gasteiger partial charge in [0, 0.05) is 22.6 Å². The van der Waals surface area contributed by atoms with Gasteiger partial charge in [0.15, 0.2) is 0 Å². The van der Waals surface area contributed by atoms with E-state index in [1.165, 1.54) is 18.2 Å². The molecule has 0 radical (unpaired) electrons. The minimum Gasteiger partial charge on any atom is -0.422 e. The highest BCUT2D eigenvalue weighted by Crippen LogP contribution is 2.26. The van der Waals surface area contributed by atoms with Crippen LogP contribution < -0.4 is 10.9 Å². The Morgan fingerprint density at radius 2 is 1.86 bits per heavy atom. The zero-order valence-electron chi connectivity index (χ0n) is 15.6. The molecule has 0 aliphatic carbocycles. The normalized spacial score (nSPS) is 11.0. The fourth-order valence-corrected chi connectivity index (χ4v) is 3.23. The van der Waals surface area contributed by atoms with Gasteiger partial charge in [-0.05, 0) is 43.7 Å². The lowest BCUT2D eigenvalue weighted by atomic mass is 10.1. The van der Waals surface area contributed by atoms with Crippen molar-refractivity contribution in [2.45, 2.75) is 13.8 Å². The molecule has 0 saturated carbocycles. The number of nitro groups is 1. The molecule has 0 aliphatic rings. The van der Waals surface area contributed by atoms with Crippen LogP contribution >= 0.6 is 0 Å². The summed E-state index contributed by atoms with van der Waals surface area (Å²) in [7, 11) is 0. The molecule has 2 aromatic carbocycles. The zero-order valence-corrected chi connectivity index (χ0v) is 15.6. The van der Waals surface area contributed by atoms with Crippen LogP contribution in [-0.4, -0.2) is 15.8 Å². The number of rotatable bonds is 3. The fraction of sp³-hybridized carbons (Fsp3) is 0.0952. The number of hydrogen-bond donors (Lipinski definition) is 1. The molecule has 2 aromatic heterocycles. The average molecular weight is 389 g/mol. The number of carbonyl (C=O) groups excluding carboxylic acids is 1. The predicted octanol–water partition coefficient (Wildman–Crippen LogP) is 4.12. The Hall–Kier alpha value is -4.07. The van der Waals surface area contributed by atoms with Gasteiger partial charge in [0.2, 0.25) is 0 Å². The molecule has 0 fully saturated rings. The number of para-hydroxylation sites is 1. The molecule has 8 nitrogen and oxygen atoms in total. The third-order valence-corrected chi connectivity index (χ3v) is 4.68. The number of fused-ring (bicyclic) bond motifs is 3.